The number of aliphatic hydroxyl groups excluding tert-OH is 2. The van der Waals surface area contributed by atoms with Crippen LogP contribution in [0.4, 0.5) is 0 Å². The number of unbranched alkanes of at least 4 members (excludes halogenated alkanes) is 29. The van der Waals surface area contributed by atoms with E-state index in [1.165, 1.54) is 167 Å². The van der Waals surface area contributed by atoms with Gasteiger partial charge in [-0.2, -0.15) is 0 Å². The molecule has 56 heavy (non-hydrogen) atoms. The molecule has 0 unspecified atom stereocenters. The van der Waals surface area contributed by atoms with Crippen LogP contribution in [0, 0.1) is 0 Å². The molecule has 0 bridgehead atoms. The van der Waals surface area contributed by atoms with Gasteiger partial charge in [-0.25, -0.2) is 0 Å². The summed E-state index contributed by atoms with van der Waals surface area (Å²) in [7, 11) is 0. The van der Waals surface area contributed by atoms with Crippen molar-refractivity contribution >= 4 is 49.7 Å². The van der Waals surface area contributed by atoms with Gasteiger partial charge < -0.3 is 39.5 Å². The van der Waals surface area contributed by atoms with Gasteiger partial charge in [0.25, 0.3) is 0 Å². The van der Waals surface area contributed by atoms with Crippen LogP contribution in [0.1, 0.15) is 253 Å². The van der Waals surface area contributed by atoms with Gasteiger partial charge >= 0.3 is 37.7 Å². The van der Waals surface area contributed by atoms with E-state index in [1.807, 2.05) is 0 Å². The number of ether oxygens (including phenoxy) is 2. The normalized spacial score (nSPS) is 10.4. The first kappa shape index (κ1) is 65.2. The maximum absolute atomic E-state index is 10.2. The number of aliphatic carboxylic acids is 2. The van der Waals surface area contributed by atoms with E-state index in [0.717, 1.165) is 45.1 Å². The molecule has 0 spiro atoms. The summed E-state index contributed by atoms with van der Waals surface area (Å²) in [4.78, 5) is 20.4. The second-order valence-electron chi connectivity index (χ2n) is 15.5. The van der Waals surface area contributed by atoms with Gasteiger partial charge in [0.05, 0.1) is 26.4 Å². The first-order chi connectivity index (χ1) is 26.7. The largest absolute Gasteiger partial charge is 2.00 e. The van der Waals surface area contributed by atoms with Crippen LogP contribution in [-0.4, -0.2) is 99.0 Å². The standard InChI is InChI=1S/2C18H36O2.C8H18O3.C3H8O.Ca/c2*1-2-3-4-5-6-7-8-9-10-11-12-13-14-15-16-17-18(19)20;1-2-3-5-10-7-8-11-6-4-9;1-3(2)4;/h2*2-17H2,1H3,(H,19,20);9H,2-8H2,1H3;3-4H,1-2H3;/q;;;;+2/p-2. The molecule has 0 aliphatic heterocycles. The molecule has 0 aromatic heterocycles. The molecule has 0 atom stereocenters. The van der Waals surface area contributed by atoms with E-state index in [4.69, 9.17) is 19.7 Å². The number of carboxylic acid groups (broad SMARTS) is 2. The van der Waals surface area contributed by atoms with Crippen molar-refractivity contribution in [3.63, 3.8) is 0 Å². The van der Waals surface area contributed by atoms with Crippen LogP contribution in [0.5, 0.6) is 0 Å². The summed E-state index contributed by atoms with van der Waals surface area (Å²) < 4.78 is 10.2. The molecular weight excluding hydrogens is 733 g/mol. The quantitative estimate of drug-likeness (QED) is 0.0460. The predicted octanol–water partition coefficient (Wildman–Crippen LogP) is 10.8. The first-order valence-electron chi connectivity index (χ1n) is 23.5. The minimum atomic E-state index is -0.903. The summed E-state index contributed by atoms with van der Waals surface area (Å²) in [6, 6.07) is 0. The molecule has 0 aromatic rings. The Morgan fingerprint density at radius 2 is 0.625 bits per heavy atom. The van der Waals surface area contributed by atoms with Crippen LogP contribution in [0.25, 0.3) is 0 Å². The Bertz CT molecular complexity index is 626. The minimum Gasteiger partial charge on any atom is -0.550 e. The first-order valence-corrected chi connectivity index (χ1v) is 23.5. The molecule has 0 aliphatic carbocycles. The Balaban J connectivity index is -0.000000227. The maximum atomic E-state index is 10.2. The predicted molar refractivity (Wildman–Crippen MR) is 236 cm³/mol. The second kappa shape index (κ2) is 64.2. The Hall–Kier alpha value is 0.0397. The van der Waals surface area contributed by atoms with Crippen LogP contribution in [0.3, 0.4) is 0 Å². The molecule has 0 heterocycles. The van der Waals surface area contributed by atoms with E-state index in [0.29, 0.717) is 19.8 Å². The van der Waals surface area contributed by atoms with Gasteiger partial charge in [-0.3, -0.25) is 0 Å². The molecule has 0 fully saturated rings. The van der Waals surface area contributed by atoms with E-state index in [2.05, 4.69) is 20.8 Å². The van der Waals surface area contributed by atoms with Gasteiger partial charge in [0, 0.05) is 24.6 Å². The van der Waals surface area contributed by atoms with Crippen molar-refractivity contribution in [3.8, 4) is 0 Å². The Kier molecular flexibility index (Phi) is 74.7. The van der Waals surface area contributed by atoms with Crippen LogP contribution >= 0.6 is 0 Å². The van der Waals surface area contributed by atoms with E-state index in [9.17, 15) is 19.8 Å². The average molecular weight is 829 g/mol. The van der Waals surface area contributed by atoms with E-state index < -0.39 is 11.9 Å². The van der Waals surface area contributed by atoms with Crippen LogP contribution < -0.4 is 10.2 Å². The molecule has 0 saturated carbocycles. The molecule has 334 valence electrons. The van der Waals surface area contributed by atoms with Crippen molar-refractivity contribution in [1.82, 2.24) is 0 Å². The maximum Gasteiger partial charge on any atom is 2.00 e. The van der Waals surface area contributed by atoms with Crippen LogP contribution in [0.2, 0.25) is 0 Å². The fraction of sp³-hybridized carbons (Fsp3) is 0.957. The minimum absolute atomic E-state index is 0. The number of hydrogen-bond donors (Lipinski definition) is 2. The topological polar surface area (TPSA) is 139 Å². The molecule has 2 N–H and O–H groups in total. The smallest absolute Gasteiger partial charge is 0.550 e. The molecule has 9 heteroatoms. The number of carbonyl (C=O) groups is 2. The molecule has 0 saturated heterocycles. The average Bonchev–Trinajstić information content (AvgIpc) is 3.14. The Labute approximate surface area is 378 Å². The number of carbonyl (C=O) groups excluding carboxylic acids is 2. The van der Waals surface area contributed by atoms with Gasteiger partial charge in [0.1, 0.15) is 0 Å². The van der Waals surface area contributed by atoms with Gasteiger partial charge in [0.2, 0.25) is 0 Å². The number of aliphatic hydroxyl groups is 2. The van der Waals surface area contributed by atoms with Gasteiger partial charge in [-0.1, -0.05) is 207 Å². The van der Waals surface area contributed by atoms with E-state index in [-0.39, 0.29) is 63.3 Å². The summed E-state index contributed by atoms with van der Waals surface area (Å²) in [5, 5.41) is 36.8. The Morgan fingerprint density at radius 3 is 0.839 bits per heavy atom. The van der Waals surface area contributed by atoms with Crippen molar-refractivity contribution in [2.75, 3.05) is 33.0 Å². The van der Waals surface area contributed by atoms with Gasteiger partial charge in [-0.05, 0) is 46.0 Å². The van der Waals surface area contributed by atoms with Crippen molar-refractivity contribution < 1.29 is 39.5 Å². The third-order valence-corrected chi connectivity index (χ3v) is 9.22. The van der Waals surface area contributed by atoms with Crippen molar-refractivity contribution in [2.45, 2.75) is 259 Å². The fourth-order valence-electron chi connectivity index (χ4n) is 5.91. The Morgan fingerprint density at radius 1 is 0.411 bits per heavy atom. The van der Waals surface area contributed by atoms with Crippen molar-refractivity contribution in [2.24, 2.45) is 0 Å². The SMILES string of the molecule is CC(C)O.CCCCCCCCCCCCCCCCCC(=O)[O-].CCCCCCCCCCCCCCCCCC(=O)[O-].CCCCOCCOCCO.[Ca+2]. The second-order valence-corrected chi connectivity index (χ2v) is 15.5. The van der Waals surface area contributed by atoms with Crippen molar-refractivity contribution in [1.29, 1.82) is 0 Å². The molecule has 8 nitrogen and oxygen atoms in total. The van der Waals surface area contributed by atoms with Crippen LogP contribution in [0.15, 0.2) is 0 Å². The van der Waals surface area contributed by atoms with Crippen LogP contribution in [-0.2, 0) is 19.1 Å². The number of carboxylic acids is 2. The zero-order valence-corrected chi connectivity index (χ0v) is 40.4. The van der Waals surface area contributed by atoms with Crippen molar-refractivity contribution in [3.05, 3.63) is 0 Å². The summed E-state index contributed by atoms with van der Waals surface area (Å²) in [5.41, 5.74) is 0. The third kappa shape index (κ3) is 86.0. The van der Waals surface area contributed by atoms with Gasteiger partial charge in [-0.15, -0.1) is 0 Å². The third-order valence-electron chi connectivity index (χ3n) is 9.22. The molecule has 0 aliphatic rings. The van der Waals surface area contributed by atoms with Gasteiger partial charge in [0.15, 0.2) is 0 Å². The number of rotatable bonds is 40. The summed E-state index contributed by atoms with van der Waals surface area (Å²) >= 11 is 0. The van der Waals surface area contributed by atoms with E-state index >= 15 is 0 Å². The zero-order valence-electron chi connectivity index (χ0n) is 38.2. The van der Waals surface area contributed by atoms with E-state index in [1.54, 1.807) is 13.8 Å². The monoisotopic (exact) mass is 829 g/mol. The summed E-state index contributed by atoms with van der Waals surface area (Å²) in [6.07, 6.45) is 41.8. The molecule has 0 rings (SSSR count). The molecular formula is C47H96CaO8. The summed E-state index contributed by atoms with van der Waals surface area (Å²) in [5.74, 6) is -1.81. The molecule has 0 radical (unpaired) electrons. The molecule has 0 aromatic carbocycles. The summed E-state index contributed by atoms with van der Waals surface area (Å²) in [6.45, 7) is 12.7. The fourth-order valence-corrected chi connectivity index (χ4v) is 5.91. The molecule has 0 amide bonds. The zero-order chi connectivity index (χ0) is 41.7. The number of hydrogen-bond acceptors (Lipinski definition) is 8.